The zero-order valence-electron chi connectivity index (χ0n) is 11.4. The molecule has 1 saturated carbocycles. The van der Waals surface area contributed by atoms with Crippen LogP contribution in [0.5, 0.6) is 5.75 Å². The summed E-state index contributed by atoms with van der Waals surface area (Å²) in [6, 6.07) is 6.93. The van der Waals surface area contributed by atoms with E-state index in [2.05, 4.69) is 16.6 Å². The number of rotatable bonds is 3. The lowest BCUT2D eigenvalue weighted by Gasteiger charge is -2.03. The molecule has 1 aromatic carbocycles. The molecule has 5 heteroatoms. The molecule has 0 saturated heterocycles. The minimum atomic E-state index is 0.0986. The number of anilines is 1. The number of carbonyl (C=O) groups is 1. The Hall–Kier alpha value is -1.88. The minimum Gasteiger partial charge on any atom is -0.508 e. The summed E-state index contributed by atoms with van der Waals surface area (Å²) in [6.07, 6.45) is 0.981. The molecule has 1 aromatic heterocycles. The summed E-state index contributed by atoms with van der Waals surface area (Å²) in [5.41, 5.74) is 2.77. The van der Waals surface area contributed by atoms with Crippen LogP contribution in [0.2, 0.25) is 0 Å². The van der Waals surface area contributed by atoms with Crippen LogP contribution in [0.15, 0.2) is 24.3 Å². The molecular weight excluding hydrogens is 272 g/mol. The van der Waals surface area contributed by atoms with Crippen molar-refractivity contribution < 1.29 is 9.90 Å². The number of nitrogens with zero attached hydrogens (tertiary/aromatic N) is 1. The van der Waals surface area contributed by atoms with Crippen LogP contribution in [0.4, 0.5) is 5.00 Å². The molecular formula is C15H16N2O2S. The maximum Gasteiger partial charge on any atom is 0.228 e. The topological polar surface area (TPSA) is 62.2 Å². The Balaban J connectivity index is 1.81. The lowest BCUT2D eigenvalue weighted by Crippen LogP contribution is -2.14. The van der Waals surface area contributed by atoms with E-state index >= 15 is 0 Å². The van der Waals surface area contributed by atoms with Gasteiger partial charge in [-0.25, -0.2) is 0 Å². The Morgan fingerprint density at radius 1 is 1.40 bits per heavy atom. The Morgan fingerprint density at radius 2 is 2.05 bits per heavy atom. The van der Waals surface area contributed by atoms with Gasteiger partial charge in [0.05, 0.1) is 5.69 Å². The van der Waals surface area contributed by atoms with Crippen molar-refractivity contribution in [3.8, 4) is 17.0 Å². The molecule has 104 valence electrons. The van der Waals surface area contributed by atoms with E-state index < -0.39 is 0 Å². The molecule has 2 aromatic rings. The van der Waals surface area contributed by atoms with Crippen LogP contribution in [-0.4, -0.2) is 15.4 Å². The van der Waals surface area contributed by atoms with Crippen molar-refractivity contribution in [3.63, 3.8) is 0 Å². The smallest absolute Gasteiger partial charge is 0.228 e. The van der Waals surface area contributed by atoms with Crippen molar-refractivity contribution in [1.29, 1.82) is 0 Å². The van der Waals surface area contributed by atoms with Gasteiger partial charge in [-0.15, -0.1) is 0 Å². The van der Waals surface area contributed by atoms with Crippen molar-refractivity contribution in [2.75, 3.05) is 5.32 Å². The van der Waals surface area contributed by atoms with E-state index in [1.807, 2.05) is 19.1 Å². The SMILES string of the molecule is Cc1c(-c2ccc(O)cc2)nsc1NC(=O)[C@@H]1CC1C. The number of nitrogens with one attached hydrogen (secondary N) is 1. The molecule has 0 spiro atoms. The second-order valence-corrected chi connectivity index (χ2v) is 6.11. The standard InChI is InChI=1S/C15H16N2O2S/c1-8-7-12(8)14(19)16-15-9(2)13(17-20-15)10-3-5-11(18)6-4-10/h3-6,8,12,18H,7H2,1-2H3,(H,16,19)/t8?,12-/m1/s1. The van der Waals surface area contributed by atoms with Gasteiger partial charge in [-0.3, -0.25) is 4.79 Å². The highest BCUT2D eigenvalue weighted by molar-refractivity contribution is 7.10. The zero-order chi connectivity index (χ0) is 14.3. The largest absolute Gasteiger partial charge is 0.508 e. The molecule has 20 heavy (non-hydrogen) atoms. The van der Waals surface area contributed by atoms with Gasteiger partial charge in [0.2, 0.25) is 5.91 Å². The third-order valence-electron chi connectivity index (χ3n) is 3.75. The second kappa shape index (κ2) is 4.90. The van der Waals surface area contributed by atoms with E-state index in [4.69, 9.17) is 0 Å². The van der Waals surface area contributed by atoms with Crippen LogP contribution in [0.3, 0.4) is 0 Å². The lowest BCUT2D eigenvalue weighted by atomic mass is 10.1. The summed E-state index contributed by atoms with van der Waals surface area (Å²) < 4.78 is 4.41. The molecule has 0 bridgehead atoms. The molecule has 1 aliphatic carbocycles. The number of carbonyl (C=O) groups excluding carboxylic acids is 1. The van der Waals surface area contributed by atoms with Gasteiger partial charge < -0.3 is 10.4 Å². The highest BCUT2D eigenvalue weighted by Gasteiger charge is 2.39. The van der Waals surface area contributed by atoms with Gasteiger partial charge in [0, 0.05) is 17.0 Å². The third-order valence-corrected chi connectivity index (χ3v) is 4.61. The predicted octanol–water partition coefficient (Wildman–Crippen LogP) is 3.42. The summed E-state index contributed by atoms with van der Waals surface area (Å²) in [6.45, 7) is 4.04. The summed E-state index contributed by atoms with van der Waals surface area (Å²) in [5, 5.41) is 13.1. The minimum absolute atomic E-state index is 0.0986. The maximum absolute atomic E-state index is 12.0. The van der Waals surface area contributed by atoms with Gasteiger partial charge in [-0.1, -0.05) is 6.92 Å². The van der Waals surface area contributed by atoms with E-state index in [0.717, 1.165) is 28.2 Å². The zero-order valence-corrected chi connectivity index (χ0v) is 12.2. The Morgan fingerprint density at radius 3 is 2.65 bits per heavy atom. The van der Waals surface area contributed by atoms with E-state index in [9.17, 15) is 9.90 Å². The quantitative estimate of drug-likeness (QED) is 0.909. The normalized spacial score (nSPS) is 20.7. The molecule has 1 aliphatic rings. The summed E-state index contributed by atoms with van der Waals surface area (Å²) >= 11 is 1.31. The van der Waals surface area contributed by atoms with Crippen LogP contribution in [0, 0.1) is 18.8 Å². The van der Waals surface area contributed by atoms with Crippen LogP contribution in [0.1, 0.15) is 18.9 Å². The summed E-state index contributed by atoms with van der Waals surface area (Å²) in [4.78, 5) is 12.0. The Labute approximate surface area is 121 Å². The van der Waals surface area contributed by atoms with Crippen molar-refractivity contribution in [2.45, 2.75) is 20.3 Å². The highest BCUT2D eigenvalue weighted by atomic mass is 32.1. The highest BCUT2D eigenvalue weighted by Crippen LogP contribution is 2.40. The van der Waals surface area contributed by atoms with E-state index in [1.165, 1.54) is 11.5 Å². The molecule has 2 atom stereocenters. The molecule has 1 fully saturated rings. The van der Waals surface area contributed by atoms with E-state index in [0.29, 0.717) is 5.92 Å². The van der Waals surface area contributed by atoms with Gasteiger partial charge in [-0.05, 0) is 55.1 Å². The maximum atomic E-state index is 12.0. The summed E-state index contributed by atoms with van der Waals surface area (Å²) in [7, 11) is 0. The lowest BCUT2D eigenvalue weighted by molar-refractivity contribution is -0.117. The van der Waals surface area contributed by atoms with Crippen molar-refractivity contribution >= 4 is 22.4 Å². The number of hydrogen-bond donors (Lipinski definition) is 2. The first kappa shape index (κ1) is 13.1. The fourth-order valence-electron chi connectivity index (χ4n) is 2.23. The predicted molar refractivity (Wildman–Crippen MR) is 79.9 cm³/mol. The van der Waals surface area contributed by atoms with Crippen molar-refractivity contribution in [2.24, 2.45) is 11.8 Å². The average Bonchev–Trinajstić information content (AvgIpc) is 3.06. The number of amides is 1. The monoisotopic (exact) mass is 288 g/mol. The van der Waals surface area contributed by atoms with Gasteiger partial charge in [0.1, 0.15) is 10.8 Å². The van der Waals surface area contributed by atoms with Crippen LogP contribution in [0.25, 0.3) is 11.3 Å². The number of hydrogen-bond acceptors (Lipinski definition) is 4. The van der Waals surface area contributed by atoms with E-state index in [-0.39, 0.29) is 17.6 Å². The van der Waals surface area contributed by atoms with Crippen LogP contribution in [-0.2, 0) is 4.79 Å². The fraction of sp³-hybridized carbons (Fsp3) is 0.333. The molecule has 0 aliphatic heterocycles. The van der Waals surface area contributed by atoms with Crippen LogP contribution < -0.4 is 5.32 Å². The molecule has 1 heterocycles. The number of phenols is 1. The van der Waals surface area contributed by atoms with E-state index in [1.54, 1.807) is 12.1 Å². The Kier molecular flexibility index (Phi) is 3.22. The van der Waals surface area contributed by atoms with Crippen LogP contribution >= 0.6 is 11.5 Å². The number of aromatic nitrogens is 1. The van der Waals surface area contributed by atoms with Crippen molar-refractivity contribution in [1.82, 2.24) is 4.37 Å². The van der Waals surface area contributed by atoms with Crippen molar-refractivity contribution in [3.05, 3.63) is 29.8 Å². The van der Waals surface area contributed by atoms with Gasteiger partial charge in [-0.2, -0.15) is 4.37 Å². The molecule has 3 rings (SSSR count). The second-order valence-electron chi connectivity index (χ2n) is 5.34. The van der Waals surface area contributed by atoms with Gasteiger partial charge >= 0.3 is 0 Å². The average molecular weight is 288 g/mol. The molecule has 2 N–H and O–H groups in total. The summed E-state index contributed by atoms with van der Waals surface area (Å²) in [5.74, 6) is 0.993. The molecule has 1 unspecified atom stereocenters. The molecule has 1 amide bonds. The molecule has 4 nitrogen and oxygen atoms in total. The number of aromatic hydroxyl groups is 1. The third kappa shape index (κ3) is 2.41. The number of benzene rings is 1. The first-order chi connectivity index (χ1) is 9.56. The molecule has 0 radical (unpaired) electrons. The first-order valence-corrected chi connectivity index (χ1v) is 7.40. The number of phenolic OH excluding ortho intramolecular Hbond substituents is 1. The van der Waals surface area contributed by atoms with Gasteiger partial charge in [0.15, 0.2) is 0 Å². The first-order valence-electron chi connectivity index (χ1n) is 6.63. The fourth-order valence-corrected chi connectivity index (χ4v) is 3.04. The Bertz CT molecular complexity index is 648. The van der Waals surface area contributed by atoms with Gasteiger partial charge in [0.25, 0.3) is 0 Å².